The Morgan fingerprint density at radius 3 is 2.60 bits per heavy atom. The van der Waals surface area contributed by atoms with Crippen LogP contribution in [0.5, 0.6) is 0 Å². The van der Waals surface area contributed by atoms with Gasteiger partial charge in [-0.2, -0.15) is 0 Å². The fraction of sp³-hybridized carbons (Fsp3) is 1.00. The summed E-state index contributed by atoms with van der Waals surface area (Å²) in [4.78, 5) is 0. The summed E-state index contributed by atoms with van der Waals surface area (Å²) in [7, 11) is -1.24. The summed E-state index contributed by atoms with van der Waals surface area (Å²) in [6.45, 7) is 6.27. The Kier molecular flexibility index (Phi) is 4.55. The summed E-state index contributed by atoms with van der Waals surface area (Å²) in [6, 6.07) is 0. The van der Waals surface area contributed by atoms with Crippen LogP contribution in [0, 0.1) is 11.8 Å². The van der Waals surface area contributed by atoms with Gasteiger partial charge in [0.1, 0.15) is 0 Å². The molecule has 1 aliphatic heterocycles. The minimum Gasteiger partial charge on any atom is -0.319 e. The normalized spacial score (nSPS) is 23.9. The molecule has 0 aromatic heterocycles. The second-order valence-electron chi connectivity index (χ2n) is 4.57. The number of nitrogens with zero attached hydrogens (tertiary/aromatic N) is 1. The smallest absolute Gasteiger partial charge is 0.215 e. The molecule has 4 nitrogen and oxygen atoms in total. The summed E-state index contributed by atoms with van der Waals surface area (Å²) in [6.07, 6.45) is 1.01. The maximum absolute atomic E-state index is 11.8. The highest BCUT2D eigenvalue weighted by molar-refractivity contribution is 7.89. The van der Waals surface area contributed by atoms with Crippen LogP contribution < -0.4 is 5.32 Å². The van der Waals surface area contributed by atoms with E-state index in [2.05, 4.69) is 19.2 Å². The van der Waals surface area contributed by atoms with Crippen LogP contribution in [0.4, 0.5) is 0 Å². The SMILES string of the molecule is CNCCS(=O)(=O)N1CCC(C(C)C)C1. The maximum Gasteiger partial charge on any atom is 0.215 e. The van der Waals surface area contributed by atoms with E-state index >= 15 is 0 Å². The van der Waals surface area contributed by atoms with Gasteiger partial charge in [-0.1, -0.05) is 13.8 Å². The molecule has 1 fully saturated rings. The molecule has 1 saturated heterocycles. The molecule has 1 unspecified atom stereocenters. The summed E-state index contributed by atoms with van der Waals surface area (Å²) in [5.74, 6) is 1.33. The first-order valence-corrected chi connectivity index (χ1v) is 7.20. The molecule has 1 aliphatic rings. The van der Waals surface area contributed by atoms with Crippen LogP contribution >= 0.6 is 0 Å². The zero-order valence-corrected chi connectivity index (χ0v) is 10.7. The molecule has 1 rings (SSSR count). The third kappa shape index (κ3) is 3.43. The van der Waals surface area contributed by atoms with Crippen molar-refractivity contribution in [3.8, 4) is 0 Å². The highest BCUT2D eigenvalue weighted by atomic mass is 32.2. The lowest BCUT2D eigenvalue weighted by molar-refractivity contribution is 0.388. The molecule has 0 amide bonds. The van der Waals surface area contributed by atoms with E-state index < -0.39 is 10.0 Å². The van der Waals surface area contributed by atoms with Gasteiger partial charge >= 0.3 is 0 Å². The Labute approximate surface area is 93.1 Å². The van der Waals surface area contributed by atoms with Crippen molar-refractivity contribution < 1.29 is 8.42 Å². The second-order valence-corrected chi connectivity index (χ2v) is 6.66. The van der Waals surface area contributed by atoms with E-state index in [1.165, 1.54) is 0 Å². The minimum atomic E-state index is -3.02. The molecule has 1 N–H and O–H groups in total. The van der Waals surface area contributed by atoms with Crippen molar-refractivity contribution in [3.63, 3.8) is 0 Å². The summed E-state index contributed by atoms with van der Waals surface area (Å²) < 4.78 is 25.3. The standard InChI is InChI=1S/C10H22N2O2S/c1-9(2)10-4-6-12(8-10)15(13,14)7-5-11-3/h9-11H,4-8H2,1-3H3. The van der Waals surface area contributed by atoms with Gasteiger partial charge in [0.2, 0.25) is 10.0 Å². The molecule has 0 spiro atoms. The number of rotatable bonds is 5. The number of hydrogen-bond donors (Lipinski definition) is 1. The zero-order valence-electron chi connectivity index (χ0n) is 9.86. The Bertz CT molecular complexity index is 288. The van der Waals surface area contributed by atoms with Gasteiger partial charge in [-0.3, -0.25) is 0 Å². The molecular formula is C10H22N2O2S. The van der Waals surface area contributed by atoms with E-state index in [9.17, 15) is 8.42 Å². The fourth-order valence-corrected chi connectivity index (χ4v) is 3.43. The van der Waals surface area contributed by atoms with Crippen LogP contribution in [0.25, 0.3) is 0 Å². The average molecular weight is 234 g/mol. The Balaban J connectivity index is 2.52. The summed E-state index contributed by atoms with van der Waals surface area (Å²) in [5, 5.41) is 2.88. The van der Waals surface area contributed by atoms with Crippen molar-refractivity contribution in [1.82, 2.24) is 9.62 Å². The lowest BCUT2D eigenvalue weighted by Gasteiger charge is -2.17. The lowest BCUT2D eigenvalue weighted by atomic mass is 9.96. The monoisotopic (exact) mass is 234 g/mol. The van der Waals surface area contributed by atoms with Crippen LogP contribution in [-0.4, -0.2) is 45.2 Å². The first-order valence-electron chi connectivity index (χ1n) is 5.60. The molecule has 0 aromatic rings. The fourth-order valence-electron chi connectivity index (χ4n) is 1.91. The van der Waals surface area contributed by atoms with Gasteiger partial charge in [0.25, 0.3) is 0 Å². The van der Waals surface area contributed by atoms with Crippen LogP contribution in [0.1, 0.15) is 20.3 Å². The molecule has 0 aromatic carbocycles. The van der Waals surface area contributed by atoms with Gasteiger partial charge in [0, 0.05) is 19.6 Å². The van der Waals surface area contributed by atoms with Crippen molar-refractivity contribution in [2.24, 2.45) is 11.8 Å². The highest BCUT2D eigenvalue weighted by Crippen LogP contribution is 2.25. The lowest BCUT2D eigenvalue weighted by Crippen LogP contribution is -2.34. The zero-order chi connectivity index (χ0) is 11.5. The Morgan fingerprint density at radius 2 is 2.13 bits per heavy atom. The molecular weight excluding hydrogens is 212 g/mol. The van der Waals surface area contributed by atoms with Gasteiger partial charge in [0.05, 0.1) is 5.75 Å². The summed E-state index contributed by atoms with van der Waals surface area (Å²) >= 11 is 0. The topological polar surface area (TPSA) is 49.4 Å². The molecule has 15 heavy (non-hydrogen) atoms. The Hall–Kier alpha value is -0.130. The van der Waals surface area contributed by atoms with Crippen molar-refractivity contribution in [1.29, 1.82) is 0 Å². The van der Waals surface area contributed by atoms with Crippen molar-refractivity contribution in [2.45, 2.75) is 20.3 Å². The van der Waals surface area contributed by atoms with Crippen LogP contribution in [0.2, 0.25) is 0 Å². The van der Waals surface area contributed by atoms with Gasteiger partial charge < -0.3 is 5.32 Å². The summed E-state index contributed by atoms with van der Waals surface area (Å²) in [5.41, 5.74) is 0. The molecule has 1 atom stereocenters. The van der Waals surface area contributed by atoms with Gasteiger partial charge in [-0.15, -0.1) is 0 Å². The van der Waals surface area contributed by atoms with E-state index in [4.69, 9.17) is 0 Å². The largest absolute Gasteiger partial charge is 0.319 e. The molecule has 5 heteroatoms. The number of sulfonamides is 1. The molecule has 0 saturated carbocycles. The van der Waals surface area contributed by atoms with E-state index in [1.807, 2.05) is 0 Å². The third-order valence-electron chi connectivity index (χ3n) is 3.13. The van der Waals surface area contributed by atoms with Crippen molar-refractivity contribution in [3.05, 3.63) is 0 Å². The predicted molar refractivity (Wildman–Crippen MR) is 62.2 cm³/mol. The van der Waals surface area contributed by atoms with Crippen LogP contribution in [-0.2, 0) is 10.0 Å². The van der Waals surface area contributed by atoms with Crippen LogP contribution in [0.15, 0.2) is 0 Å². The number of hydrogen-bond acceptors (Lipinski definition) is 3. The Morgan fingerprint density at radius 1 is 1.47 bits per heavy atom. The molecule has 0 bridgehead atoms. The van der Waals surface area contributed by atoms with E-state index in [0.29, 0.717) is 31.5 Å². The quantitative estimate of drug-likeness (QED) is 0.754. The molecule has 1 heterocycles. The molecule has 0 aliphatic carbocycles. The predicted octanol–water partition coefficient (Wildman–Crippen LogP) is 0.513. The average Bonchev–Trinajstić information content (AvgIpc) is 2.64. The molecule has 0 radical (unpaired) electrons. The van der Waals surface area contributed by atoms with E-state index in [0.717, 1.165) is 6.42 Å². The molecule has 90 valence electrons. The minimum absolute atomic E-state index is 0.217. The first-order chi connectivity index (χ1) is 6.97. The third-order valence-corrected chi connectivity index (χ3v) is 4.97. The van der Waals surface area contributed by atoms with E-state index in [1.54, 1.807) is 11.4 Å². The van der Waals surface area contributed by atoms with Crippen molar-refractivity contribution >= 4 is 10.0 Å². The van der Waals surface area contributed by atoms with Crippen LogP contribution in [0.3, 0.4) is 0 Å². The van der Waals surface area contributed by atoms with Gasteiger partial charge in [-0.05, 0) is 25.3 Å². The second kappa shape index (κ2) is 5.27. The maximum atomic E-state index is 11.8. The van der Waals surface area contributed by atoms with Crippen molar-refractivity contribution in [2.75, 3.05) is 32.4 Å². The van der Waals surface area contributed by atoms with Gasteiger partial charge in [0.15, 0.2) is 0 Å². The number of nitrogens with one attached hydrogen (secondary N) is 1. The highest BCUT2D eigenvalue weighted by Gasteiger charge is 2.31. The van der Waals surface area contributed by atoms with E-state index in [-0.39, 0.29) is 5.75 Å². The van der Waals surface area contributed by atoms with Gasteiger partial charge in [-0.25, -0.2) is 12.7 Å². The first kappa shape index (κ1) is 12.9.